The standard InChI is InChI=1S/C22H26N6O2/c1-15-24-13-17(14-25-15)20(12-21(29)30)28-11-9-19(27-28)6-2-5-18-8-7-16-4-3-10-23-22(16)26-18/h3-4,9-11,13-14,18,20H,2,5-8,12H2,1H3,(H,23,26)(H,29,30)/t18-,20?/m1/s1. The summed E-state index contributed by atoms with van der Waals surface area (Å²) in [4.78, 5) is 24.2. The first-order valence-corrected chi connectivity index (χ1v) is 10.3. The molecule has 0 radical (unpaired) electrons. The first-order chi connectivity index (χ1) is 14.6. The van der Waals surface area contributed by atoms with E-state index >= 15 is 0 Å². The number of nitrogens with zero attached hydrogens (tertiary/aromatic N) is 5. The van der Waals surface area contributed by atoms with Crippen LogP contribution in [0.2, 0.25) is 0 Å². The molecule has 0 spiro atoms. The van der Waals surface area contributed by atoms with Gasteiger partial charge in [-0.2, -0.15) is 5.10 Å². The van der Waals surface area contributed by atoms with Gasteiger partial charge in [0.2, 0.25) is 0 Å². The smallest absolute Gasteiger partial charge is 0.305 e. The molecule has 0 aliphatic carbocycles. The van der Waals surface area contributed by atoms with Crippen LogP contribution in [0.4, 0.5) is 5.82 Å². The van der Waals surface area contributed by atoms with E-state index in [2.05, 4.69) is 31.4 Å². The van der Waals surface area contributed by atoms with Crippen molar-refractivity contribution in [3.8, 4) is 0 Å². The second-order valence-electron chi connectivity index (χ2n) is 7.75. The zero-order valence-electron chi connectivity index (χ0n) is 17.0. The number of anilines is 1. The topological polar surface area (TPSA) is 106 Å². The summed E-state index contributed by atoms with van der Waals surface area (Å²) >= 11 is 0. The molecule has 0 fully saturated rings. The molecule has 4 heterocycles. The van der Waals surface area contributed by atoms with Crippen molar-refractivity contribution in [1.82, 2.24) is 24.7 Å². The molecular weight excluding hydrogens is 380 g/mol. The number of aryl methyl sites for hydroxylation is 3. The fourth-order valence-corrected chi connectivity index (χ4v) is 3.90. The average Bonchev–Trinajstić information content (AvgIpc) is 3.21. The van der Waals surface area contributed by atoms with Crippen molar-refractivity contribution >= 4 is 11.8 Å². The van der Waals surface area contributed by atoms with Gasteiger partial charge < -0.3 is 10.4 Å². The summed E-state index contributed by atoms with van der Waals surface area (Å²) in [5, 5.41) is 17.5. The second kappa shape index (κ2) is 9.02. The van der Waals surface area contributed by atoms with Gasteiger partial charge in [-0.1, -0.05) is 6.07 Å². The molecule has 2 N–H and O–H groups in total. The van der Waals surface area contributed by atoms with Crippen molar-refractivity contribution < 1.29 is 9.90 Å². The van der Waals surface area contributed by atoms with Crippen molar-refractivity contribution in [3.63, 3.8) is 0 Å². The third-order valence-corrected chi connectivity index (χ3v) is 5.52. The van der Waals surface area contributed by atoms with E-state index < -0.39 is 12.0 Å². The highest BCUT2D eigenvalue weighted by molar-refractivity contribution is 5.68. The Bertz CT molecular complexity index is 1000. The summed E-state index contributed by atoms with van der Waals surface area (Å²) in [7, 11) is 0. The van der Waals surface area contributed by atoms with Crippen LogP contribution in [0.3, 0.4) is 0 Å². The van der Waals surface area contributed by atoms with Crippen LogP contribution in [0.25, 0.3) is 0 Å². The number of aromatic nitrogens is 5. The van der Waals surface area contributed by atoms with Crippen molar-refractivity contribution in [2.24, 2.45) is 0 Å². The van der Waals surface area contributed by atoms with Crippen molar-refractivity contribution in [2.75, 3.05) is 5.32 Å². The van der Waals surface area contributed by atoms with Crippen LogP contribution in [-0.4, -0.2) is 41.9 Å². The molecule has 30 heavy (non-hydrogen) atoms. The average molecular weight is 406 g/mol. The molecule has 0 amide bonds. The zero-order chi connectivity index (χ0) is 20.9. The minimum absolute atomic E-state index is 0.0635. The quantitative estimate of drug-likeness (QED) is 0.592. The predicted octanol–water partition coefficient (Wildman–Crippen LogP) is 3.19. The van der Waals surface area contributed by atoms with Crippen molar-refractivity contribution in [1.29, 1.82) is 0 Å². The van der Waals surface area contributed by atoms with Gasteiger partial charge in [0, 0.05) is 36.4 Å². The minimum Gasteiger partial charge on any atom is -0.481 e. The van der Waals surface area contributed by atoms with E-state index in [1.165, 1.54) is 5.56 Å². The molecule has 0 saturated heterocycles. The Labute approximate surface area is 175 Å². The number of nitrogens with one attached hydrogen (secondary N) is 1. The Morgan fingerprint density at radius 3 is 2.93 bits per heavy atom. The van der Waals surface area contributed by atoms with Gasteiger partial charge in [0.1, 0.15) is 11.6 Å². The van der Waals surface area contributed by atoms with Crippen LogP contribution >= 0.6 is 0 Å². The number of carbonyl (C=O) groups is 1. The Balaban J connectivity index is 1.36. The summed E-state index contributed by atoms with van der Waals surface area (Å²) in [6, 6.07) is 6.09. The molecule has 1 unspecified atom stereocenters. The highest BCUT2D eigenvalue weighted by atomic mass is 16.4. The molecule has 0 aromatic carbocycles. The highest BCUT2D eigenvalue weighted by Gasteiger charge is 2.20. The lowest BCUT2D eigenvalue weighted by Crippen LogP contribution is -2.26. The summed E-state index contributed by atoms with van der Waals surface area (Å²) in [6.45, 7) is 1.80. The Kier molecular flexibility index (Phi) is 6.02. The number of carboxylic acids is 1. The molecule has 8 nitrogen and oxygen atoms in total. The zero-order valence-corrected chi connectivity index (χ0v) is 17.0. The van der Waals surface area contributed by atoms with Gasteiger partial charge in [0.05, 0.1) is 18.2 Å². The first-order valence-electron chi connectivity index (χ1n) is 10.3. The maximum atomic E-state index is 11.4. The van der Waals surface area contributed by atoms with E-state index in [9.17, 15) is 9.90 Å². The van der Waals surface area contributed by atoms with Crippen LogP contribution in [0.1, 0.15) is 54.4 Å². The van der Waals surface area contributed by atoms with E-state index in [4.69, 9.17) is 0 Å². The largest absolute Gasteiger partial charge is 0.481 e. The van der Waals surface area contributed by atoms with Gasteiger partial charge >= 0.3 is 5.97 Å². The lowest BCUT2D eigenvalue weighted by atomic mass is 9.97. The first kappa shape index (κ1) is 20.0. The third kappa shape index (κ3) is 4.82. The Morgan fingerprint density at radius 1 is 1.30 bits per heavy atom. The van der Waals surface area contributed by atoms with Gasteiger partial charge in [0.15, 0.2) is 0 Å². The molecule has 8 heteroatoms. The number of hydrogen-bond acceptors (Lipinski definition) is 6. The molecule has 156 valence electrons. The predicted molar refractivity (Wildman–Crippen MR) is 112 cm³/mol. The van der Waals surface area contributed by atoms with Crippen molar-refractivity contribution in [2.45, 2.75) is 57.5 Å². The molecular formula is C22H26N6O2. The lowest BCUT2D eigenvalue weighted by molar-refractivity contribution is -0.137. The number of fused-ring (bicyclic) bond motifs is 1. The molecule has 3 aromatic heterocycles. The molecule has 0 saturated carbocycles. The molecule has 0 bridgehead atoms. The second-order valence-corrected chi connectivity index (χ2v) is 7.75. The monoisotopic (exact) mass is 406 g/mol. The summed E-state index contributed by atoms with van der Waals surface area (Å²) in [5.74, 6) is 0.785. The summed E-state index contributed by atoms with van der Waals surface area (Å²) in [6.07, 6.45) is 12.1. The highest BCUT2D eigenvalue weighted by Crippen LogP contribution is 2.25. The van der Waals surface area contributed by atoms with Crippen LogP contribution in [0.15, 0.2) is 43.0 Å². The number of hydrogen-bond donors (Lipinski definition) is 2. The number of carboxylic acid groups (broad SMARTS) is 1. The van der Waals surface area contributed by atoms with E-state index in [-0.39, 0.29) is 6.42 Å². The van der Waals surface area contributed by atoms with Crippen LogP contribution in [-0.2, 0) is 17.6 Å². The molecule has 1 aliphatic rings. The van der Waals surface area contributed by atoms with Gasteiger partial charge in [-0.3, -0.25) is 9.48 Å². The van der Waals surface area contributed by atoms with Gasteiger partial charge in [0.25, 0.3) is 0 Å². The fourth-order valence-electron chi connectivity index (χ4n) is 3.90. The number of pyridine rings is 1. The maximum absolute atomic E-state index is 11.4. The van der Waals surface area contributed by atoms with Gasteiger partial charge in [-0.25, -0.2) is 15.0 Å². The van der Waals surface area contributed by atoms with Gasteiger partial charge in [-0.15, -0.1) is 0 Å². The Hall–Kier alpha value is -3.29. The number of rotatable bonds is 8. The lowest BCUT2D eigenvalue weighted by Gasteiger charge is -2.25. The Morgan fingerprint density at radius 2 is 2.13 bits per heavy atom. The normalized spacial score (nSPS) is 16.5. The van der Waals surface area contributed by atoms with E-state index in [0.29, 0.717) is 11.9 Å². The molecule has 4 rings (SSSR count). The summed E-state index contributed by atoms with van der Waals surface area (Å²) < 4.78 is 1.72. The molecule has 2 atom stereocenters. The fraction of sp³-hybridized carbons (Fsp3) is 0.409. The van der Waals surface area contributed by atoms with Crippen molar-refractivity contribution in [3.05, 3.63) is 65.6 Å². The molecule has 3 aromatic rings. The van der Waals surface area contributed by atoms with Gasteiger partial charge in [-0.05, 0) is 56.7 Å². The van der Waals surface area contributed by atoms with Crippen LogP contribution in [0, 0.1) is 6.92 Å². The van der Waals surface area contributed by atoms with Crippen LogP contribution < -0.4 is 5.32 Å². The van der Waals surface area contributed by atoms with Crippen LogP contribution in [0.5, 0.6) is 0 Å². The SMILES string of the molecule is Cc1ncc(C(CC(=O)O)n2ccc(CCC[C@@H]3CCc4cccnc4N3)n2)cn1. The van der Waals surface area contributed by atoms with E-state index in [1.807, 2.05) is 24.5 Å². The van der Waals surface area contributed by atoms with E-state index in [0.717, 1.165) is 49.2 Å². The summed E-state index contributed by atoms with van der Waals surface area (Å²) in [5.41, 5.74) is 3.00. The minimum atomic E-state index is -0.880. The van der Waals surface area contributed by atoms with E-state index in [1.54, 1.807) is 24.0 Å². The number of aliphatic carboxylic acids is 1. The molecule has 1 aliphatic heterocycles. The third-order valence-electron chi connectivity index (χ3n) is 5.52. The maximum Gasteiger partial charge on any atom is 0.305 e.